The second-order valence-corrected chi connectivity index (χ2v) is 6.94. The highest BCUT2D eigenvalue weighted by Crippen LogP contribution is 2.26. The van der Waals surface area contributed by atoms with Crippen LogP contribution in [0.15, 0.2) is 18.5 Å². The number of amides is 2. The van der Waals surface area contributed by atoms with Gasteiger partial charge in [0.25, 0.3) is 5.91 Å². The van der Waals surface area contributed by atoms with E-state index in [-0.39, 0.29) is 18.0 Å². The first-order chi connectivity index (χ1) is 13.0. The molecule has 4 N–H and O–H groups in total. The minimum absolute atomic E-state index is 0.0269. The monoisotopic (exact) mass is 375 g/mol. The Hall–Kier alpha value is -2.48. The molecule has 2 atom stereocenters. The zero-order valence-corrected chi connectivity index (χ0v) is 15.9. The van der Waals surface area contributed by atoms with E-state index in [2.05, 4.69) is 27.5 Å². The molecule has 0 unspecified atom stereocenters. The number of aromatic nitrogens is 2. The number of rotatable bonds is 8. The number of hydrogen-bond acceptors (Lipinski definition) is 6. The summed E-state index contributed by atoms with van der Waals surface area (Å²) in [5.74, 6) is 0.378. The predicted molar refractivity (Wildman–Crippen MR) is 103 cm³/mol. The quantitative estimate of drug-likeness (QED) is 0.315. The Balaban J connectivity index is 1.90. The third kappa shape index (κ3) is 6.63. The SMILES string of the molecule is CC[C@@H](Nc1cnc(C=CC(=O)NO)cn1)C(=O)N[C@@H](C)C1CCCCC1. The molecule has 0 saturated heterocycles. The lowest BCUT2D eigenvalue weighted by atomic mass is 9.84. The summed E-state index contributed by atoms with van der Waals surface area (Å²) < 4.78 is 0. The van der Waals surface area contributed by atoms with Crippen molar-refractivity contribution in [3.8, 4) is 0 Å². The standard InChI is InChI=1S/C19H29N5O3/c1-3-16(19(26)22-13(2)14-7-5-4-6-8-14)23-17-12-20-15(11-21-17)9-10-18(25)24-27/h9-14,16,27H,3-8H2,1-2H3,(H,21,23)(H,22,26)(H,24,25)/t13-,16+/m0/s1. The van der Waals surface area contributed by atoms with Crippen LogP contribution < -0.4 is 16.1 Å². The molecule has 1 aliphatic rings. The number of hydroxylamine groups is 1. The van der Waals surface area contributed by atoms with Gasteiger partial charge in [0, 0.05) is 12.1 Å². The van der Waals surface area contributed by atoms with Gasteiger partial charge in [-0.25, -0.2) is 10.5 Å². The number of carbonyl (C=O) groups is 2. The molecule has 0 radical (unpaired) electrons. The topological polar surface area (TPSA) is 116 Å². The maximum atomic E-state index is 12.6. The van der Waals surface area contributed by atoms with Crippen molar-refractivity contribution >= 4 is 23.7 Å². The highest BCUT2D eigenvalue weighted by atomic mass is 16.5. The molecule has 2 rings (SSSR count). The Labute approximate surface area is 159 Å². The molecule has 1 aliphatic carbocycles. The van der Waals surface area contributed by atoms with Crippen molar-refractivity contribution in [3.63, 3.8) is 0 Å². The van der Waals surface area contributed by atoms with Crippen LogP contribution in [0.5, 0.6) is 0 Å². The molecule has 1 fully saturated rings. The van der Waals surface area contributed by atoms with Crippen molar-refractivity contribution in [2.24, 2.45) is 5.92 Å². The summed E-state index contributed by atoms with van der Waals surface area (Å²) in [5.41, 5.74) is 1.97. The van der Waals surface area contributed by atoms with Gasteiger partial charge in [-0.3, -0.25) is 19.8 Å². The number of nitrogens with one attached hydrogen (secondary N) is 3. The van der Waals surface area contributed by atoms with E-state index in [1.807, 2.05) is 6.92 Å². The van der Waals surface area contributed by atoms with E-state index in [1.54, 1.807) is 0 Å². The van der Waals surface area contributed by atoms with Crippen molar-refractivity contribution in [1.29, 1.82) is 0 Å². The van der Waals surface area contributed by atoms with Gasteiger partial charge >= 0.3 is 0 Å². The van der Waals surface area contributed by atoms with Crippen molar-refractivity contribution in [2.75, 3.05) is 5.32 Å². The molecular weight excluding hydrogens is 346 g/mol. The van der Waals surface area contributed by atoms with Crippen LogP contribution >= 0.6 is 0 Å². The van der Waals surface area contributed by atoms with Crippen LogP contribution in [0.1, 0.15) is 58.1 Å². The van der Waals surface area contributed by atoms with Crippen LogP contribution in [-0.2, 0) is 9.59 Å². The minimum atomic E-state index is -0.645. The Kier molecular flexibility index (Phi) is 8.19. The number of nitrogens with zero attached hydrogens (tertiary/aromatic N) is 2. The fourth-order valence-corrected chi connectivity index (χ4v) is 3.31. The molecule has 1 aromatic rings. The van der Waals surface area contributed by atoms with Crippen molar-refractivity contribution < 1.29 is 14.8 Å². The molecule has 8 heteroatoms. The number of carbonyl (C=O) groups excluding carboxylic acids is 2. The predicted octanol–water partition coefficient (Wildman–Crippen LogP) is 2.27. The molecule has 148 valence electrons. The second kappa shape index (κ2) is 10.6. The molecule has 0 bridgehead atoms. The van der Waals surface area contributed by atoms with E-state index in [0.717, 1.165) is 6.08 Å². The third-order valence-electron chi connectivity index (χ3n) is 4.96. The number of hydrogen-bond donors (Lipinski definition) is 4. The highest BCUT2D eigenvalue weighted by molar-refractivity contribution is 5.90. The Morgan fingerprint density at radius 1 is 1.26 bits per heavy atom. The molecule has 1 heterocycles. The second-order valence-electron chi connectivity index (χ2n) is 6.94. The average Bonchev–Trinajstić information content (AvgIpc) is 2.71. The van der Waals surface area contributed by atoms with Gasteiger partial charge in [-0.15, -0.1) is 0 Å². The molecule has 2 amide bonds. The van der Waals surface area contributed by atoms with E-state index in [0.29, 0.717) is 23.9 Å². The molecule has 0 aromatic carbocycles. The van der Waals surface area contributed by atoms with Crippen molar-refractivity contribution in [1.82, 2.24) is 20.8 Å². The molecule has 1 aromatic heterocycles. The van der Waals surface area contributed by atoms with Gasteiger partial charge in [0.2, 0.25) is 5.91 Å². The zero-order valence-electron chi connectivity index (χ0n) is 15.9. The van der Waals surface area contributed by atoms with Crippen molar-refractivity contribution in [3.05, 3.63) is 24.2 Å². The summed E-state index contributed by atoms with van der Waals surface area (Å²) in [6.07, 6.45) is 12.3. The maximum absolute atomic E-state index is 12.6. The Morgan fingerprint density at radius 3 is 2.59 bits per heavy atom. The van der Waals surface area contributed by atoms with Gasteiger partial charge in [-0.2, -0.15) is 0 Å². The molecule has 27 heavy (non-hydrogen) atoms. The first-order valence-electron chi connectivity index (χ1n) is 9.54. The molecule has 0 aliphatic heterocycles. The van der Waals surface area contributed by atoms with Crippen LogP contribution in [0.25, 0.3) is 6.08 Å². The van der Waals surface area contributed by atoms with Gasteiger partial charge in [-0.1, -0.05) is 26.2 Å². The molecule has 1 saturated carbocycles. The fourth-order valence-electron chi connectivity index (χ4n) is 3.31. The van der Waals surface area contributed by atoms with Gasteiger partial charge in [0.1, 0.15) is 11.9 Å². The van der Waals surface area contributed by atoms with Crippen LogP contribution in [-0.4, -0.2) is 39.1 Å². The average molecular weight is 375 g/mol. The van der Waals surface area contributed by atoms with Gasteiger partial charge in [0.05, 0.1) is 18.1 Å². The van der Waals surface area contributed by atoms with Crippen molar-refractivity contribution in [2.45, 2.75) is 64.5 Å². The maximum Gasteiger partial charge on any atom is 0.267 e. The van der Waals surface area contributed by atoms with E-state index in [9.17, 15) is 9.59 Å². The largest absolute Gasteiger partial charge is 0.357 e. The summed E-state index contributed by atoms with van der Waals surface area (Å²) in [5, 5.41) is 14.7. The van der Waals surface area contributed by atoms with Crippen LogP contribution in [0.3, 0.4) is 0 Å². The fraction of sp³-hybridized carbons (Fsp3) is 0.579. The highest BCUT2D eigenvalue weighted by Gasteiger charge is 2.24. The first kappa shape index (κ1) is 20.8. The van der Waals surface area contributed by atoms with E-state index >= 15 is 0 Å². The van der Waals surface area contributed by atoms with Gasteiger partial charge < -0.3 is 10.6 Å². The van der Waals surface area contributed by atoms with Crippen LogP contribution in [0.4, 0.5) is 5.82 Å². The third-order valence-corrected chi connectivity index (χ3v) is 4.96. The molecule has 8 nitrogen and oxygen atoms in total. The van der Waals surface area contributed by atoms with E-state index in [4.69, 9.17) is 5.21 Å². The normalized spacial score (nSPS) is 17.3. The summed E-state index contributed by atoms with van der Waals surface area (Å²) in [6.45, 7) is 4.03. The first-order valence-corrected chi connectivity index (χ1v) is 9.54. The molecule has 0 spiro atoms. The summed E-state index contributed by atoms with van der Waals surface area (Å²) >= 11 is 0. The number of anilines is 1. The molecular formula is C19H29N5O3. The van der Waals surface area contributed by atoms with E-state index in [1.165, 1.54) is 56.1 Å². The van der Waals surface area contributed by atoms with Gasteiger partial charge in [-0.05, 0) is 38.2 Å². The smallest absolute Gasteiger partial charge is 0.267 e. The summed E-state index contributed by atoms with van der Waals surface area (Å²) in [4.78, 5) is 32.0. The lowest BCUT2D eigenvalue weighted by molar-refractivity contribution is -0.124. The Bertz CT molecular complexity index is 641. The summed E-state index contributed by atoms with van der Waals surface area (Å²) in [7, 11) is 0. The lowest BCUT2D eigenvalue weighted by Crippen LogP contribution is -2.46. The van der Waals surface area contributed by atoms with E-state index < -0.39 is 5.91 Å². The Morgan fingerprint density at radius 2 is 2.00 bits per heavy atom. The zero-order chi connectivity index (χ0) is 19.6. The minimum Gasteiger partial charge on any atom is -0.357 e. The summed E-state index contributed by atoms with van der Waals surface area (Å²) in [6, 6.07) is -0.211. The van der Waals surface area contributed by atoms with Crippen LogP contribution in [0, 0.1) is 5.92 Å². The van der Waals surface area contributed by atoms with Gasteiger partial charge in [0.15, 0.2) is 0 Å². The lowest BCUT2D eigenvalue weighted by Gasteiger charge is -2.29. The van der Waals surface area contributed by atoms with Crippen LogP contribution in [0.2, 0.25) is 0 Å².